The highest BCUT2D eigenvalue weighted by Crippen LogP contribution is 2.25. The van der Waals surface area contributed by atoms with Crippen LogP contribution in [0.1, 0.15) is 24.0 Å². The van der Waals surface area contributed by atoms with Crippen molar-refractivity contribution in [1.82, 2.24) is 10.2 Å². The van der Waals surface area contributed by atoms with Crippen LogP contribution in [-0.2, 0) is 17.9 Å². The Kier molecular flexibility index (Phi) is 4.09. The summed E-state index contributed by atoms with van der Waals surface area (Å²) in [4.78, 5) is 14.2. The van der Waals surface area contributed by atoms with Crippen molar-refractivity contribution >= 4 is 17.7 Å². The van der Waals surface area contributed by atoms with Crippen molar-refractivity contribution < 1.29 is 4.79 Å². The number of benzene rings is 1. The number of hydrogen-bond donors (Lipinski definition) is 1. The van der Waals surface area contributed by atoms with E-state index in [1.807, 2.05) is 16.7 Å². The van der Waals surface area contributed by atoms with Gasteiger partial charge in [-0.1, -0.05) is 24.3 Å². The van der Waals surface area contributed by atoms with Crippen molar-refractivity contribution in [2.45, 2.75) is 31.2 Å². The van der Waals surface area contributed by atoms with Gasteiger partial charge in [0.05, 0.1) is 5.75 Å². The zero-order valence-electron chi connectivity index (χ0n) is 11.1. The maximum atomic E-state index is 12.2. The third-order valence-corrected chi connectivity index (χ3v) is 5.28. The summed E-state index contributed by atoms with van der Waals surface area (Å²) in [5, 5.41) is 4.02. The number of nitrogens with one attached hydrogen (secondary N) is 1. The number of nitrogens with zero attached hydrogens (tertiary/aromatic N) is 1. The van der Waals surface area contributed by atoms with E-state index in [4.69, 9.17) is 0 Å². The molecule has 1 aromatic carbocycles. The molecule has 102 valence electrons. The van der Waals surface area contributed by atoms with Crippen LogP contribution in [0.15, 0.2) is 24.3 Å². The lowest BCUT2D eigenvalue weighted by atomic mass is 10.1. The molecule has 0 atom stereocenters. The summed E-state index contributed by atoms with van der Waals surface area (Å²) in [6, 6.07) is 8.36. The minimum absolute atomic E-state index is 0.291. The van der Waals surface area contributed by atoms with E-state index < -0.39 is 0 Å². The van der Waals surface area contributed by atoms with Gasteiger partial charge in [0.15, 0.2) is 0 Å². The van der Waals surface area contributed by atoms with Crippen LogP contribution in [0.4, 0.5) is 0 Å². The third kappa shape index (κ3) is 3.12. The summed E-state index contributed by atoms with van der Waals surface area (Å²) < 4.78 is 0. The summed E-state index contributed by atoms with van der Waals surface area (Å²) in [5.41, 5.74) is 2.62. The van der Waals surface area contributed by atoms with Gasteiger partial charge in [-0.05, 0) is 37.1 Å². The largest absolute Gasteiger partial charge is 0.333 e. The zero-order chi connectivity index (χ0) is 13.1. The molecule has 0 aromatic heterocycles. The van der Waals surface area contributed by atoms with Crippen molar-refractivity contribution in [2.75, 3.05) is 18.8 Å². The summed E-state index contributed by atoms with van der Waals surface area (Å²) in [5.74, 6) is 0.929. The van der Waals surface area contributed by atoms with E-state index in [1.54, 1.807) is 0 Å². The monoisotopic (exact) mass is 276 g/mol. The molecule has 1 saturated heterocycles. The molecule has 0 saturated carbocycles. The van der Waals surface area contributed by atoms with Gasteiger partial charge < -0.3 is 10.2 Å². The van der Waals surface area contributed by atoms with Crippen LogP contribution in [-0.4, -0.2) is 34.9 Å². The number of thioether (sulfide) groups is 1. The number of rotatable bonds is 3. The van der Waals surface area contributed by atoms with Crippen LogP contribution in [0.25, 0.3) is 0 Å². The highest BCUT2D eigenvalue weighted by atomic mass is 32.2. The Hall–Kier alpha value is -1.00. The molecule has 2 heterocycles. The van der Waals surface area contributed by atoms with E-state index in [-0.39, 0.29) is 0 Å². The smallest absolute Gasteiger partial charge is 0.233 e. The molecule has 2 aliphatic heterocycles. The maximum absolute atomic E-state index is 12.2. The number of carbonyl (C=O) groups is 1. The van der Waals surface area contributed by atoms with E-state index >= 15 is 0 Å². The molecule has 0 unspecified atom stereocenters. The topological polar surface area (TPSA) is 32.3 Å². The predicted molar refractivity (Wildman–Crippen MR) is 79.0 cm³/mol. The number of carbonyl (C=O) groups excluding carboxylic acids is 1. The fourth-order valence-electron chi connectivity index (χ4n) is 2.75. The van der Waals surface area contributed by atoms with Gasteiger partial charge in [-0.2, -0.15) is 0 Å². The second-order valence-electron chi connectivity index (χ2n) is 5.28. The Balaban J connectivity index is 1.49. The minimum Gasteiger partial charge on any atom is -0.333 e. The molecule has 4 heteroatoms. The highest BCUT2D eigenvalue weighted by molar-refractivity contribution is 8.00. The lowest BCUT2D eigenvalue weighted by molar-refractivity contribution is -0.128. The molecule has 3 rings (SSSR count). The Bertz CT molecular complexity index is 432. The van der Waals surface area contributed by atoms with E-state index in [2.05, 4.69) is 29.6 Å². The molecular weight excluding hydrogens is 256 g/mol. The number of hydrogen-bond acceptors (Lipinski definition) is 3. The van der Waals surface area contributed by atoms with Gasteiger partial charge in [-0.15, -0.1) is 11.8 Å². The number of fused-ring (bicyclic) bond motifs is 1. The van der Waals surface area contributed by atoms with Gasteiger partial charge in [0.2, 0.25) is 5.91 Å². The van der Waals surface area contributed by atoms with Crippen LogP contribution in [0.2, 0.25) is 0 Å². The van der Waals surface area contributed by atoms with Gasteiger partial charge >= 0.3 is 0 Å². The minimum atomic E-state index is 0.291. The van der Waals surface area contributed by atoms with Crippen molar-refractivity contribution in [3.63, 3.8) is 0 Å². The molecular formula is C15H20N2OS. The zero-order valence-corrected chi connectivity index (χ0v) is 11.9. The Morgan fingerprint density at radius 1 is 1.21 bits per heavy atom. The molecule has 1 N–H and O–H groups in total. The predicted octanol–water partition coefficient (Wildman–Crippen LogP) is 2.01. The van der Waals surface area contributed by atoms with Crippen LogP contribution in [0.3, 0.4) is 0 Å². The van der Waals surface area contributed by atoms with Gasteiger partial charge in [-0.25, -0.2) is 0 Å². The third-order valence-electron chi connectivity index (χ3n) is 3.92. The maximum Gasteiger partial charge on any atom is 0.233 e. The highest BCUT2D eigenvalue weighted by Gasteiger charge is 2.23. The molecule has 2 aliphatic rings. The Morgan fingerprint density at radius 2 is 1.84 bits per heavy atom. The first kappa shape index (κ1) is 13.0. The number of piperidine rings is 1. The number of amides is 1. The van der Waals surface area contributed by atoms with Crippen LogP contribution in [0, 0.1) is 0 Å². The molecule has 3 nitrogen and oxygen atoms in total. The molecule has 0 spiro atoms. The van der Waals surface area contributed by atoms with Crippen LogP contribution in [0.5, 0.6) is 0 Å². The summed E-state index contributed by atoms with van der Waals surface area (Å²) in [6.45, 7) is 3.78. The van der Waals surface area contributed by atoms with Gasteiger partial charge in [0.1, 0.15) is 0 Å². The quantitative estimate of drug-likeness (QED) is 0.916. The second-order valence-corrected chi connectivity index (χ2v) is 6.57. The summed E-state index contributed by atoms with van der Waals surface area (Å²) >= 11 is 1.84. The standard InChI is InChI=1S/C15H20N2OS/c18-15(11-19-14-5-7-16-8-6-14)17-9-12-3-1-2-4-13(12)10-17/h1-4,14,16H,5-11H2. The fourth-order valence-corrected chi connectivity index (χ4v) is 3.88. The molecule has 19 heavy (non-hydrogen) atoms. The molecule has 1 fully saturated rings. The van der Waals surface area contributed by atoms with E-state index in [1.165, 1.54) is 24.0 Å². The average Bonchev–Trinajstić information content (AvgIpc) is 2.90. The second kappa shape index (κ2) is 5.97. The van der Waals surface area contributed by atoms with Gasteiger partial charge in [-0.3, -0.25) is 4.79 Å². The first-order chi connectivity index (χ1) is 9.33. The molecule has 0 aliphatic carbocycles. The van der Waals surface area contributed by atoms with E-state index in [9.17, 15) is 4.79 Å². The van der Waals surface area contributed by atoms with Crippen LogP contribution >= 0.6 is 11.8 Å². The molecule has 1 aromatic rings. The van der Waals surface area contributed by atoms with Gasteiger partial charge in [0, 0.05) is 18.3 Å². The Labute approximate surface area is 118 Å². The summed E-state index contributed by atoms with van der Waals surface area (Å²) in [6.07, 6.45) is 2.39. The van der Waals surface area contributed by atoms with Crippen molar-refractivity contribution in [1.29, 1.82) is 0 Å². The molecule has 0 radical (unpaired) electrons. The van der Waals surface area contributed by atoms with E-state index in [0.717, 1.165) is 26.2 Å². The molecule has 1 amide bonds. The Morgan fingerprint density at radius 3 is 2.47 bits per heavy atom. The van der Waals surface area contributed by atoms with Gasteiger partial charge in [0.25, 0.3) is 0 Å². The van der Waals surface area contributed by atoms with Crippen molar-refractivity contribution in [2.24, 2.45) is 0 Å². The molecule has 0 bridgehead atoms. The first-order valence-electron chi connectivity index (χ1n) is 7.00. The van der Waals surface area contributed by atoms with Crippen LogP contribution < -0.4 is 5.32 Å². The van der Waals surface area contributed by atoms with Crippen molar-refractivity contribution in [3.8, 4) is 0 Å². The van der Waals surface area contributed by atoms with E-state index in [0.29, 0.717) is 16.9 Å². The fraction of sp³-hybridized carbons (Fsp3) is 0.533. The lowest BCUT2D eigenvalue weighted by Crippen LogP contribution is -2.31. The average molecular weight is 276 g/mol. The normalized spacial score (nSPS) is 19.5. The lowest BCUT2D eigenvalue weighted by Gasteiger charge is -2.23. The van der Waals surface area contributed by atoms with Crippen molar-refractivity contribution in [3.05, 3.63) is 35.4 Å². The SMILES string of the molecule is O=C(CSC1CCNCC1)N1Cc2ccccc2C1. The summed E-state index contributed by atoms with van der Waals surface area (Å²) in [7, 11) is 0. The first-order valence-corrected chi connectivity index (χ1v) is 8.04.